The maximum atomic E-state index is 11.6. The minimum atomic E-state index is -0.619. The average Bonchev–Trinajstić information content (AvgIpc) is 2.47. The largest absolute Gasteiger partial charge is 0.466 e. The van der Waals surface area contributed by atoms with Crippen LogP contribution in [-0.2, 0) is 9.53 Å². The van der Waals surface area contributed by atoms with E-state index in [0.29, 0.717) is 38.5 Å². The van der Waals surface area contributed by atoms with Crippen LogP contribution < -0.4 is 10.6 Å². The van der Waals surface area contributed by atoms with Crippen molar-refractivity contribution in [3.63, 3.8) is 0 Å². The number of nitrogens with two attached hydrogens (primary N) is 1. The third kappa shape index (κ3) is 3.36. The highest BCUT2D eigenvalue weighted by Crippen LogP contribution is 2.24. The standard InChI is InChI=1S/C12H17N5O4/c1-2-21-11(18)8-3-5-16(6-4-8)12-14-7-9(17(19)20)10(13)15-12/h7-8H,2-6H2,1H3,(H2,13,14,15). The Morgan fingerprint density at radius 2 is 2.24 bits per heavy atom. The molecule has 0 aliphatic carbocycles. The lowest BCUT2D eigenvalue weighted by Crippen LogP contribution is -2.38. The number of carbonyl (C=O) groups is 1. The van der Waals surface area contributed by atoms with Gasteiger partial charge < -0.3 is 15.4 Å². The second-order valence-corrected chi connectivity index (χ2v) is 4.71. The van der Waals surface area contributed by atoms with Gasteiger partial charge in [-0.1, -0.05) is 0 Å². The Labute approximate surface area is 121 Å². The maximum absolute atomic E-state index is 11.6. The number of ether oxygens (including phenoxy) is 1. The quantitative estimate of drug-likeness (QED) is 0.490. The molecule has 0 radical (unpaired) electrons. The predicted octanol–water partition coefficient (Wildman–Crippen LogP) is 0.747. The molecule has 2 heterocycles. The number of esters is 1. The van der Waals surface area contributed by atoms with Crippen LogP contribution in [0.1, 0.15) is 19.8 Å². The second-order valence-electron chi connectivity index (χ2n) is 4.71. The predicted molar refractivity (Wildman–Crippen MR) is 74.7 cm³/mol. The van der Waals surface area contributed by atoms with Gasteiger partial charge in [-0.2, -0.15) is 4.98 Å². The Kier molecular flexibility index (Phi) is 4.51. The summed E-state index contributed by atoms with van der Waals surface area (Å²) in [5, 5.41) is 10.7. The zero-order valence-corrected chi connectivity index (χ0v) is 11.7. The highest BCUT2D eigenvalue weighted by atomic mass is 16.6. The summed E-state index contributed by atoms with van der Waals surface area (Å²) in [4.78, 5) is 31.5. The Morgan fingerprint density at radius 3 is 2.76 bits per heavy atom. The van der Waals surface area contributed by atoms with Crippen molar-refractivity contribution in [3.05, 3.63) is 16.3 Å². The van der Waals surface area contributed by atoms with Crippen LogP contribution in [0, 0.1) is 16.0 Å². The van der Waals surface area contributed by atoms with E-state index >= 15 is 0 Å². The summed E-state index contributed by atoms with van der Waals surface area (Å²) < 4.78 is 5.00. The second kappa shape index (κ2) is 6.33. The van der Waals surface area contributed by atoms with Crippen LogP contribution in [0.4, 0.5) is 17.5 Å². The van der Waals surface area contributed by atoms with Gasteiger partial charge in [0.1, 0.15) is 6.20 Å². The van der Waals surface area contributed by atoms with Gasteiger partial charge in [0.15, 0.2) is 0 Å². The summed E-state index contributed by atoms with van der Waals surface area (Å²) in [7, 11) is 0. The van der Waals surface area contributed by atoms with Gasteiger partial charge in [0.2, 0.25) is 11.8 Å². The Hall–Kier alpha value is -2.45. The van der Waals surface area contributed by atoms with Crippen LogP contribution in [-0.4, -0.2) is 40.6 Å². The average molecular weight is 295 g/mol. The molecular formula is C12H17N5O4. The van der Waals surface area contributed by atoms with E-state index in [1.807, 2.05) is 4.90 Å². The normalized spacial score (nSPS) is 15.8. The molecule has 1 fully saturated rings. The maximum Gasteiger partial charge on any atom is 0.329 e. The molecule has 1 saturated heterocycles. The van der Waals surface area contributed by atoms with E-state index in [4.69, 9.17) is 10.5 Å². The molecule has 114 valence electrons. The molecule has 9 heteroatoms. The summed E-state index contributed by atoms with van der Waals surface area (Å²) in [6.07, 6.45) is 2.38. The van der Waals surface area contributed by atoms with Crippen molar-refractivity contribution in [3.8, 4) is 0 Å². The molecule has 21 heavy (non-hydrogen) atoms. The summed E-state index contributed by atoms with van der Waals surface area (Å²) in [5.41, 5.74) is 5.25. The molecule has 2 rings (SSSR count). The molecule has 2 N–H and O–H groups in total. The fourth-order valence-corrected chi connectivity index (χ4v) is 2.25. The lowest BCUT2D eigenvalue weighted by atomic mass is 9.97. The molecule has 0 aromatic carbocycles. The number of nitrogens with zero attached hydrogens (tertiary/aromatic N) is 4. The first-order valence-electron chi connectivity index (χ1n) is 6.71. The van der Waals surface area contributed by atoms with Gasteiger partial charge in [-0.05, 0) is 19.8 Å². The third-order valence-corrected chi connectivity index (χ3v) is 3.38. The summed E-state index contributed by atoms with van der Waals surface area (Å²) in [6, 6.07) is 0. The van der Waals surface area contributed by atoms with Crippen molar-refractivity contribution < 1.29 is 14.5 Å². The molecule has 1 aromatic heterocycles. The number of nitro groups is 1. The van der Waals surface area contributed by atoms with Crippen molar-refractivity contribution in [1.82, 2.24) is 9.97 Å². The topological polar surface area (TPSA) is 124 Å². The number of aromatic nitrogens is 2. The fourth-order valence-electron chi connectivity index (χ4n) is 2.25. The Balaban J connectivity index is 2.01. The Morgan fingerprint density at radius 1 is 1.57 bits per heavy atom. The van der Waals surface area contributed by atoms with Crippen LogP contribution in [0.15, 0.2) is 6.20 Å². The summed E-state index contributed by atoms with van der Waals surface area (Å²) in [5.74, 6) is -0.101. The minimum Gasteiger partial charge on any atom is -0.466 e. The van der Waals surface area contributed by atoms with Gasteiger partial charge in [0.05, 0.1) is 17.4 Å². The number of anilines is 2. The first-order chi connectivity index (χ1) is 10.0. The van der Waals surface area contributed by atoms with Gasteiger partial charge in [-0.25, -0.2) is 4.98 Å². The van der Waals surface area contributed by atoms with E-state index in [2.05, 4.69) is 9.97 Å². The lowest BCUT2D eigenvalue weighted by Gasteiger charge is -2.30. The van der Waals surface area contributed by atoms with Crippen molar-refractivity contribution in [2.24, 2.45) is 5.92 Å². The van der Waals surface area contributed by atoms with E-state index in [1.54, 1.807) is 6.92 Å². The number of hydrogen-bond acceptors (Lipinski definition) is 8. The fraction of sp³-hybridized carbons (Fsp3) is 0.583. The summed E-state index contributed by atoms with van der Waals surface area (Å²) in [6.45, 7) is 3.32. The lowest BCUT2D eigenvalue weighted by molar-refractivity contribution is -0.384. The molecule has 0 unspecified atom stereocenters. The molecule has 0 atom stereocenters. The number of carbonyl (C=O) groups excluding carboxylic acids is 1. The van der Waals surface area contributed by atoms with Gasteiger partial charge in [0.25, 0.3) is 0 Å². The Bertz CT molecular complexity index is 542. The van der Waals surface area contributed by atoms with Crippen LogP contribution in [0.5, 0.6) is 0 Å². The molecule has 1 aromatic rings. The molecule has 1 aliphatic rings. The minimum absolute atomic E-state index is 0.114. The number of piperidine rings is 1. The van der Waals surface area contributed by atoms with E-state index in [9.17, 15) is 14.9 Å². The van der Waals surface area contributed by atoms with Crippen LogP contribution in [0.25, 0.3) is 0 Å². The molecule has 0 amide bonds. The van der Waals surface area contributed by atoms with E-state index in [0.717, 1.165) is 6.20 Å². The van der Waals surface area contributed by atoms with Crippen LogP contribution >= 0.6 is 0 Å². The van der Waals surface area contributed by atoms with Crippen molar-refractivity contribution in [2.45, 2.75) is 19.8 Å². The van der Waals surface area contributed by atoms with Gasteiger partial charge in [0, 0.05) is 13.1 Å². The number of rotatable bonds is 4. The monoisotopic (exact) mass is 295 g/mol. The molecular weight excluding hydrogens is 278 g/mol. The van der Waals surface area contributed by atoms with Crippen LogP contribution in [0.2, 0.25) is 0 Å². The SMILES string of the molecule is CCOC(=O)C1CCN(c2ncc([N+](=O)[O-])c(N)n2)CC1. The highest BCUT2D eigenvalue weighted by Gasteiger charge is 2.27. The van der Waals surface area contributed by atoms with Gasteiger partial charge in [-0.15, -0.1) is 0 Å². The summed E-state index contributed by atoms with van der Waals surface area (Å²) >= 11 is 0. The van der Waals surface area contributed by atoms with Crippen molar-refractivity contribution in [2.75, 3.05) is 30.3 Å². The van der Waals surface area contributed by atoms with Gasteiger partial charge >= 0.3 is 11.7 Å². The van der Waals surface area contributed by atoms with Gasteiger partial charge in [-0.3, -0.25) is 14.9 Å². The van der Waals surface area contributed by atoms with E-state index in [1.165, 1.54) is 0 Å². The smallest absolute Gasteiger partial charge is 0.329 e. The number of hydrogen-bond donors (Lipinski definition) is 1. The third-order valence-electron chi connectivity index (χ3n) is 3.38. The van der Waals surface area contributed by atoms with Crippen molar-refractivity contribution >= 4 is 23.4 Å². The highest BCUT2D eigenvalue weighted by molar-refractivity contribution is 5.72. The molecule has 0 spiro atoms. The molecule has 9 nitrogen and oxygen atoms in total. The zero-order valence-electron chi connectivity index (χ0n) is 11.7. The first-order valence-corrected chi connectivity index (χ1v) is 6.71. The molecule has 0 bridgehead atoms. The molecule has 1 aliphatic heterocycles. The van der Waals surface area contributed by atoms with Crippen molar-refractivity contribution in [1.29, 1.82) is 0 Å². The molecule has 0 saturated carbocycles. The number of nitrogen functional groups attached to an aromatic ring is 1. The van der Waals surface area contributed by atoms with E-state index in [-0.39, 0.29) is 23.4 Å². The van der Waals surface area contributed by atoms with Crippen LogP contribution in [0.3, 0.4) is 0 Å². The first kappa shape index (κ1) is 14.9. The van der Waals surface area contributed by atoms with E-state index < -0.39 is 4.92 Å². The zero-order chi connectivity index (χ0) is 15.4.